The Balaban J connectivity index is 1.81. The number of amidine groups is 1. The second-order valence-electron chi connectivity index (χ2n) is 8.01. The van der Waals surface area contributed by atoms with Crippen molar-refractivity contribution < 1.29 is 4.39 Å². The fraction of sp³-hybridized carbons (Fsp3) is 0.222. The maximum atomic E-state index is 13.5. The van der Waals surface area contributed by atoms with Crippen molar-refractivity contribution in [3.05, 3.63) is 101 Å². The van der Waals surface area contributed by atoms with E-state index in [9.17, 15) is 4.39 Å². The molecule has 3 nitrogen and oxygen atoms in total. The third-order valence-corrected chi connectivity index (χ3v) is 5.99. The van der Waals surface area contributed by atoms with Crippen LogP contribution in [-0.4, -0.2) is 23.3 Å². The molecule has 0 radical (unpaired) electrons. The van der Waals surface area contributed by atoms with E-state index in [1.807, 2.05) is 54.6 Å². The molecule has 4 rings (SSSR count). The standard InChI is InChI=1S/C27H27ClFN3/c1-20-9-7-8-18-32(20)27(31-22-10-3-2-4-11-22)19-26(24-12-5-6-13-25(24)28)30-23-16-14-21(29)15-17-23/h2-6,10-17,19-20,30H,7-9,18H2,1H3. The molecule has 0 saturated carbocycles. The van der Waals surface area contributed by atoms with Gasteiger partial charge in [0.25, 0.3) is 0 Å². The molecule has 1 unspecified atom stereocenters. The molecule has 1 aliphatic heterocycles. The maximum Gasteiger partial charge on any atom is 0.131 e. The Labute approximate surface area is 194 Å². The van der Waals surface area contributed by atoms with E-state index in [0.29, 0.717) is 11.1 Å². The number of benzene rings is 3. The van der Waals surface area contributed by atoms with E-state index in [4.69, 9.17) is 16.6 Å². The largest absolute Gasteiger partial charge is 0.355 e. The van der Waals surface area contributed by atoms with Crippen LogP contribution in [0.25, 0.3) is 5.70 Å². The highest BCUT2D eigenvalue weighted by atomic mass is 35.5. The Morgan fingerprint density at radius 3 is 2.44 bits per heavy atom. The first-order valence-corrected chi connectivity index (χ1v) is 11.4. The topological polar surface area (TPSA) is 27.6 Å². The van der Waals surface area contributed by atoms with Gasteiger partial charge in [-0.25, -0.2) is 9.38 Å². The molecule has 0 aromatic heterocycles. The van der Waals surface area contributed by atoms with Crippen LogP contribution in [-0.2, 0) is 0 Å². The molecule has 3 aromatic carbocycles. The summed E-state index contributed by atoms with van der Waals surface area (Å²) in [7, 11) is 0. The summed E-state index contributed by atoms with van der Waals surface area (Å²) in [6, 6.07) is 24.4. The zero-order valence-electron chi connectivity index (χ0n) is 18.1. The van der Waals surface area contributed by atoms with Crippen molar-refractivity contribution in [3.63, 3.8) is 0 Å². The van der Waals surface area contributed by atoms with Crippen molar-refractivity contribution in [1.82, 2.24) is 4.90 Å². The molecule has 1 aliphatic rings. The predicted molar refractivity (Wildman–Crippen MR) is 133 cm³/mol. The molecule has 1 saturated heterocycles. The number of anilines is 1. The van der Waals surface area contributed by atoms with Crippen molar-refractivity contribution in [3.8, 4) is 0 Å². The van der Waals surface area contributed by atoms with E-state index in [1.165, 1.54) is 18.6 Å². The number of piperidine rings is 1. The lowest BCUT2D eigenvalue weighted by molar-refractivity contribution is 0.259. The Kier molecular flexibility index (Phi) is 7.23. The molecule has 1 fully saturated rings. The number of para-hydroxylation sites is 1. The smallest absolute Gasteiger partial charge is 0.131 e. The molecule has 1 N–H and O–H groups in total. The summed E-state index contributed by atoms with van der Waals surface area (Å²) >= 11 is 6.57. The Morgan fingerprint density at radius 2 is 1.72 bits per heavy atom. The number of nitrogens with one attached hydrogen (secondary N) is 1. The fourth-order valence-electron chi connectivity index (χ4n) is 3.93. The van der Waals surface area contributed by atoms with Gasteiger partial charge in [-0.2, -0.15) is 0 Å². The average Bonchev–Trinajstić information content (AvgIpc) is 2.81. The summed E-state index contributed by atoms with van der Waals surface area (Å²) in [6.07, 6.45) is 5.55. The van der Waals surface area contributed by atoms with Gasteiger partial charge >= 0.3 is 0 Å². The summed E-state index contributed by atoms with van der Waals surface area (Å²) in [4.78, 5) is 7.37. The normalized spacial score (nSPS) is 17.3. The summed E-state index contributed by atoms with van der Waals surface area (Å²) in [5.41, 5.74) is 3.36. The first kappa shape index (κ1) is 22.1. The molecule has 0 bridgehead atoms. The lowest BCUT2D eigenvalue weighted by atomic mass is 10.0. The fourth-order valence-corrected chi connectivity index (χ4v) is 4.17. The van der Waals surface area contributed by atoms with Gasteiger partial charge in [0.05, 0.1) is 11.4 Å². The van der Waals surface area contributed by atoms with Gasteiger partial charge < -0.3 is 10.2 Å². The molecule has 0 aliphatic carbocycles. The molecule has 164 valence electrons. The van der Waals surface area contributed by atoms with Gasteiger partial charge in [-0.15, -0.1) is 0 Å². The zero-order valence-corrected chi connectivity index (χ0v) is 18.9. The van der Waals surface area contributed by atoms with Crippen LogP contribution < -0.4 is 5.32 Å². The number of hydrogen-bond acceptors (Lipinski definition) is 2. The van der Waals surface area contributed by atoms with E-state index in [0.717, 1.165) is 47.9 Å². The Hall–Kier alpha value is -3.11. The number of hydrogen-bond donors (Lipinski definition) is 1. The molecule has 1 atom stereocenters. The second kappa shape index (κ2) is 10.5. The van der Waals surface area contributed by atoms with E-state index in [1.54, 1.807) is 12.1 Å². The molecule has 1 heterocycles. The monoisotopic (exact) mass is 447 g/mol. The first-order valence-electron chi connectivity index (χ1n) is 11.0. The third kappa shape index (κ3) is 5.57. The van der Waals surface area contributed by atoms with Crippen molar-refractivity contribution in [2.45, 2.75) is 32.2 Å². The highest BCUT2D eigenvalue weighted by Crippen LogP contribution is 2.28. The van der Waals surface area contributed by atoms with Crippen LogP contribution in [0, 0.1) is 5.82 Å². The van der Waals surface area contributed by atoms with Gasteiger partial charge in [-0.05, 0) is 68.7 Å². The number of halogens is 2. The summed E-state index contributed by atoms with van der Waals surface area (Å²) in [5, 5.41) is 4.07. The van der Waals surface area contributed by atoms with E-state index < -0.39 is 0 Å². The van der Waals surface area contributed by atoms with Gasteiger partial charge in [0.1, 0.15) is 11.7 Å². The van der Waals surface area contributed by atoms with E-state index in [2.05, 4.69) is 23.2 Å². The molecule has 0 spiro atoms. The number of likely N-dealkylation sites (tertiary alicyclic amines) is 1. The van der Waals surface area contributed by atoms with Crippen molar-refractivity contribution >= 4 is 34.5 Å². The molecular formula is C27H27ClFN3. The lowest BCUT2D eigenvalue weighted by Gasteiger charge is -2.35. The van der Waals surface area contributed by atoms with Crippen molar-refractivity contribution in [2.24, 2.45) is 4.99 Å². The van der Waals surface area contributed by atoms with Crippen LogP contribution in [0.15, 0.2) is 89.9 Å². The molecule has 5 heteroatoms. The minimum atomic E-state index is -0.271. The Morgan fingerprint density at radius 1 is 1.00 bits per heavy atom. The highest BCUT2D eigenvalue weighted by molar-refractivity contribution is 6.32. The summed E-state index contributed by atoms with van der Waals surface area (Å²) in [5.74, 6) is 0.611. The molecule has 32 heavy (non-hydrogen) atoms. The van der Waals surface area contributed by atoms with Crippen LogP contribution in [0.1, 0.15) is 31.7 Å². The quantitative estimate of drug-likeness (QED) is 0.323. The van der Waals surface area contributed by atoms with Crippen LogP contribution >= 0.6 is 11.6 Å². The van der Waals surface area contributed by atoms with Crippen molar-refractivity contribution in [2.75, 3.05) is 11.9 Å². The average molecular weight is 448 g/mol. The zero-order chi connectivity index (χ0) is 22.3. The predicted octanol–water partition coefficient (Wildman–Crippen LogP) is 7.54. The number of rotatable bonds is 5. The summed E-state index contributed by atoms with van der Waals surface area (Å²) in [6.45, 7) is 3.20. The van der Waals surface area contributed by atoms with E-state index >= 15 is 0 Å². The minimum absolute atomic E-state index is 0.271. The summed E-state index contributed by atoms with van der Waals surface area (Å²) < 4.78 is 13.5. The molecule has 3 aromatic rings. The third-order valence-electron chi connectivity index (χ3n) is 5.66. The minimum Gasteiger partial charge on any atom is -0.355 e. The van der Waals surface area contributed by atoms with Crippen LogP contribution in [0.3, 0.4) is 0 Å². The van der Waals surface area contributed by atoms with Gasteiger partial charge in [-0.1, -0.05) is 48.0 Å². The van der Waals surface area contributed by atoms with Gasteiger partial charge in [-0.3, -0.25) is 0 Å². The number of aliphatic imine (C=N–C) groups is 1. The van der Waals surface area contributed by atoms with Crippen LogP contribution in [0.5, 0.6) is 0 Å². The Bertz CT molecular complexity index is 1090. The first-order chi connectivity index (χ1) is 15.6. The number of nitrogens with zero attached hydrogens (tertiary/aromatic N) is 2. The maximum absolute atomic E-state index is 13.5. The molecule has 0 amide bonds. The highest BCUT2D eigenvalue weighted by Gasteiger charge is 2.22. The second-order valence-corrected chi connectivity index (χ2v) is 8.42. The van der Waals surface area contributed by atoms with Crippen LogP contribution in [0.4, 0.5) is 15.8 Å². The van der Waals surface area contributed by atoms with Gasteiger partial charge in [0, 0.05) is 34.9 Å². The molecular weight excluding hydrogens is 421 g/mol. The van der Waals surface area contributed by atoms with E-state index in [-0.39, 0.29) is 5.82 Å². The SMILES string of the molecule is CC1CCCCN1C(C=C(Nc1ccc(F)cc1)c1ccccc1Cl)=Nc1ccccc1. The van der Waals surface area contributed by atoms with Gasteiger partial charge in [0.2, 0.25) is 0 Å². The van der Waals surface area contributed by atoms with Crippen LogP contribution in [0.2, 0.25) is 5.02 Å². The lowest BCUT2D eigenvalue weighted by Crippen LogP contribution is -2.41. The van der Waals surface area contributed by atoms with Crippen molar-refractivity contribution in [1.29, 1.82) is 0 Å². The van der Waals surface area contributed by atoms with Gasteiger partial charge in [0.15, 0.2) is 0 Å².